The molecule has 0 fully saturated rings. The van der Waals surface area contributed by atoms with Crippen LogP contribution < -0.4 is 4.74 Å². The largest absolute Gasteiger partial charge is 0.462 e. The van der Waals surface area contributed by atoms with Crippen LogP contribution in [0.5, 0.6) is 5.75 Å². The fourth-order valence-electron chi connectivity index (χ4n) is 4.04. The molecule has 33 heavy (non-hydrogen) atoms. The molecular weight excluding hydrogens is 448 g/mol. The number of ether oxygens (including phenoxy) is 3. The van der Waals surface area contributed by atoms with Gasteiger partial charge >= 0.3 is 11.9 Å². The number of halogens is 1. The van der Waals surface area contributed by atoms with Crippen molar-refractivity contribution in [1.29, 1.82) is 0 Å². The first kappa shape index (κ1) is 22.7. The number of benzene rings is 2. The van der Waals surface area contributed by atoms with Crippen LogP contribution in [0.25, 0.3) is 0 Å². The van der Waals surface area contributed by atoms with E-state index in [1.54, 1.807) is 39.8 Å². The average molecular weight is 469 g/mol. The first-order chi connectivity index (χ1) is 15.6. The minimum Gasteiger partial charge on any atom is -0.462 e. The Hall–Kier alpha value is -3.45. The summed E-state index contributed by atoms with van der Waals surface area (Å²) in [5, 5.41) is 0.246. The third-order valence-corrected chi connectivity index (χ3v) is 5.54. The van der Waals surface area contributed by atoms with Crippen molar-refractivity contribution in [3.05, 3.63) is 75.5 Å². The second-order valence-electron chi connectivity index (χ2n) is 8.31. The van der Waals surface area contributed by atoms with Crippen molar-refractivity contribution in [2.45, 2.75) is 45.3 Å². The monoisotopic (exact) mass is 468 g/mol. The highest BCUT2D eigenvalue weighted by Crippen LogP contribution is 2.50. The Kier molecular flexibility index (Phi) is 5.62. The summed E-state index contributed by atoms with van der Waals surface area (Å²) < 4.78 is 16.8. The van der Waals surface area contributed by atoms with E-state index in [-0.39, 0.29) is 27.5 Å². The molecule has 8 heteroatoms. The Morgan fingerprint density at radius 3 is 1.97 bits per heavy atom. The summed E-state index contributed by atoms with van der Waals surface area (Å²) in [4.78, 5) is 54.6. The Labute approximate surface area is 195 Å². The molecule has 170 valence electrons. The van der Waals surface area contributed by atoms with Crippen LogP contribution in [0, 0.1) is 0 Å². The van der Waals surface area contributed by atoms with Crippen LogP contribution in [0.2, 0.25) is 5.02 Å². The first-order valence-electron chi connectivity index (χ1n) is 10.4. The number of fused-ring (bicyclic) bond motifs is 2. The molecule has 1 aliphatic heterocycles. The molecule has 2 aliphatic rings. The van der Waals surface area contributed by atoms with Crippen molar-refractivity contribution in [1.82, 2.24) is 0 Å². The number of esters is 2. The van der Waals surface area contributed by atoms with Gasteiger partial charge in [-0.3, -0.25) is 19.2 Å². The van der Waals surface area contributed by atoms with Crippen LogP contribution in [0.15, 0.2) is 53.8 Å². The van der Waals surface area contributed by atoms with Gasteiger partial charge in [-0.25, -0.2) is 0 Å². The third kappa shape index (κ3) is 3.43. The molecule has 0 amide bonds. The lowest BCUT2D eigenvalue weighted by Gasteiger charge is -2.39. The van der Waals surface area contributed by atoms with Crippen LogP contribution >= 0.6 is 11.6 Å². The van der Waals surface area contributed by atoms with E-state index in [9.17, 15) is 19.2 Å². The number of carbonyl (C=O) groups excluding carboxylic acids is 4. The Morgan fingerprint density at radius 2 is 1.42 bits per heavy atom. The minimum atomic E-state index is -2.37. The van der Waals surface area contributed by atoms with Gasteiger partial charge in [0.05, 0.1) is 17.8 Å². The molecule has 1 heterocycles. The van der Waals surface area contributed by atoms with Crippen molar-refractivity contribution < 1.29 is 33.4 Å². The van der Waals surface area contributed by atoms with E-state index in [1.165, 1.54) is 30.3 Å². The zero-order valence-electron chi connectivity index (χ0n) is 18.4. The van der Waals surface area contributed by atoms with Gasteiger partial charge < -0.3 is 14.2 Å². The number of rotatable bonds is 4. The van der Waals surface area contributed by atoms with Gasteiger partial charge in [0.1, 0.15) is 5.75 Å². The average Bonchev–Trinajstić information content (AvgIpc) is 2.74. The normalized spacial score (nSPS) is 16.1. The summed E-state index contributed by atoms with van der Waals surface area (Å²) in [6.45, 7) is 6.44. The van der Waals surface area contributed by atoms with Crippen LogP contribution in [0.4, 0.5) is 0 Å². The highest BCUT2D eigenvalue weighted by Gasteiger charge is 2.63. The van der Waals surface area contributed by atoms with Gasteiger partial charge in [0.25, 0.3) is 0 Å². The molecule has 2 aromatic carbocycles. The van der Waals surface area contributed by atoms with E-state index < -0.39 is 52.5 Å². The molecular formula is C25H21ClO7. The van der Waals surface area contributed by atoms with E-state index in [2.05, 4.69) is 0 Å². The Morgan fingerprint density at radius 1 is 0.879 bits per heavy atom. The maximum absolute atomic E-state index is 13.7. The highest BCUT2D eigenvalue weighted by atomic mass is 35.5. The van der Waals surface area contributed by atoms with Gasteiger partial charge in [0.15, 0.2) is 11.5 Å². The van der Waals surface area contributed by atoms with Gasteiger partial charge in [0.2, 0.25) is 11.2 Å². The Bertz CT molecular complexity index is 1220. The first-order valence-corrected chi connectivity index (χ1v) is 10.8. The van der Waals surface area contributed by atoms with Crippen molar-refractivity contribution in [2.24, 2.45) is 0 Å². The molecule has 0 N–H and O–H groups in total. The van der Waals surface area contributed by atoms with Gasteiger partial charge in [0, 0.05) is 21.7 Å². The zero-order valence-corrected chi connectivity index (χ0v) is 19.2. The summed E-state index contributed by atoms with van der Waals surface area (Å²) in [6.07, 6.45) is -1.24. The van der Waals surface area contributed by atoms with Crippen molar-refractivity contribution in [3.8, 4) is 5.75 Å². The topological polar surface area (TPSA) is 96.0 Å². The highest BCUT2D eigenvalue weighted by molar-refractivity contribution is 6.33. The summed E-state index contributed by atoms with van der Waals surface area (Å²) in [5.74, 6) is -3.84. The molecule has 0 unspecified atom stereocenters. The van der Waals surface area contributed by atoms with Gasteiger partial charge in [-0.1, -0.05) is 41.9 Å². The van der Waals surface area contributed by atoms with Crippen molar-refractivity contribution >= 4 is 35.1 Å². The molecule has 2 aromatic rings. The molecule has 7 nitrogen and oxygen atoms in total. The van der Waals surface area contributed by atoms with Crippen LogP contribution in [0.3, 0.4) is 0 Å². The van der Waals surface area contributed by atoms with E-state index in [0.29, 0.717) is 0 Å². The number of Topliss-reactive ketones (excluding diaryl/α,β-unsaturated/α-hetero) is 2. The standard InChI is InChI=1S/C25H21ClO7/c1-12(2)31-23(29)25(24(30)32-13(3)4)17-10-9-14(26)11-18(17)33-22-19(25)20(27)15-7-5-6-8-16(15)21(22)28/h5-13H,1-4H3. The van der Waals surface area contributed by atoms with Crippen LogP contribution in [-0.2, 0) is 24.5 Å². The van der Waals surface area contributed by atoms with E-state index in [1.807, 2.05) is 0 Å². The number of ketones is 2. The molecule has 0 spiro atoms. The predicted molar refractivity (Wildman–Crippen MR) is 118 cm³/mol. The molecule has 0 radical (unpaired) electrons. The number of hydrogen-bond donors (Lipinski definition) is 0. The Balaban J connectivity index is 2.11. The number of carbonyl (C=O) groups is 4. The second kappa shape index (κ2) is 8.15. The number of allylic oxidation sites excluding steroid dienone is 1. The lowest BCUT2D eigenvalue weighted by molar-refractivity contribution is -0.167. The maximum Gasteiger partial charge on any atom is 0.333 e. The van der Waals surface area contributed by atoms with Crippen molar-refractivity contribution in [2.75, 3.05) is 0 Å². The molecule has 4 rings (SSSR count). The lowest BCUT2D eigenvalue weighted by atomic mass is 9.66. The summed E-state index contributed by atoms with van der Waals surface area (Å²) in [7, 11) is 0. The summed E-state index contributed by atoms with van der Waals surface area (Å²) >= 11 is 6.14. The lowest BCUT2D eigenvalue weighted by Crippen LogP contribution is -2.54. The smallest absolute Gasteiger partial charge is 0.333 e. The SMILES string of the molecule is CC(C)OC(=O)C1(C(=O)OC(C)C)C2=C(Oc3cc(Cl)ccc31)C(=O)c1ccccc1C2=O. The summed E-state index contributed by atoms with van der Waals surface area (Å²) in [6, 6.07) is 10.4. The molecule has 0 saturated heterocycles. The molecule has 0 bridgehead atoms. The zero-order chi connectivity index (χ0) is 24.1. The van der Waals surface area contributed by atoms with E-state index >= 15 is 0 Å². The molecule has 0 saturated carbocycles. The van der Waals surface area contributed by atoms with Crippen LogP contribution in [-0.4, -0.2) is 35.7 Å². The number of hydrogen-bond acceptors (Lipinski definition) is 7. The molecule has 0 aromatic heterocycles. The van der Waals surface area contributed by atoms with Gasteiger partial charge in [-0.15, -0.1) is 0 Å². The molecule has 1 aliphatic carbocycles. The van der Waals surface area contributed by atoms with Crippen LogP contribution in [0.1, 0.15) is 54.0 Å². The quantitative estimate of drug-likeness (QED) is 0.490. The van der Waals surface area contributed by atoms with Gasteiger partial charge in [-0.2, -0.15) is 0 Å². The van der Waals surface area contributed by atoms with E-state index in [4.69, 9.17) is 25.8 Å². The van der Waals surface area contributed by atoms with E-state index in [0.717, 1.165) is 0 Å². The second-order valence-corrected chi connectivity index (χ2v) is 8.75. The fraction of sp³-hybridized carbons (Fsp3) is 0.280. The molecule has 0 atom stereocenters. The maximum atomic E-state index is 13.7. The fourth-order valence-corrected chi connectivity index (χ4v) is 4.20. The predicted octanol–water partition coefficient (Wildman–Crippen LogP) is 4.21. The third-order valence-electron chi connectivity index (χ3n) is 5.31. The summed E-state index contributed by atoms with van der Waals surface area (Å²) in [5.41, 5.74) is -2.61. The van der Waals surface area contributed by atoms with Gasteiger partial charge in [-0.05, 0) is 39.8 Å². The van der Waals surface area contributed by atoms with Crippen molar-refractivity contribution in [3.63, 3.8) is 0 Å². The minimum absolute atomic E-state index is 0.0109.